The van der Waals surface area contributed by atoms with Crippen LogP contribution in [0, 0.1) is 11.3 Å². The lowest BCUT2D eigenvalue weighted by molar-refractivity contribution is -0.139. The number of nitrogens with zero attached hydrogens (tertiary/aromatic N) is 4. The third-order valence-electron chi connectivity index (χ3n) is 6.70. The normalized spacial score (nSPS) is 17.7. The summed E-state index contributed by atoms with van der Waals surface area (Å²) in [6.45, 7) is 4.29. The second-order valence-electron chi connectivity index (χ2n) is 9.26. The molecule has 8 nitrogen and oxygen atoms in total. The summed E-state index contributed by atoms with van der Waals surface area (Å²) < 4.78 is 9.86. The monoisotopic (exact) mass is 476 g/mol. The van der Waals surface area contributed by atoms with E-state index in [2.05, 4.69) is 11.0 Å². The zero-order valence-corrected chi connectivity index (χ0v) is 20.6. The molecular formula is C27H32N4O4. The number of carbonyl (C=O) groups is 2. The maximum atomic E-state index is 12.5. The Hall–Kier alpha value is -3.44. The quantitative estimate of drug-likeness (QED) is 0.540. The Balaban J connectivity index is 1.63. The van der Waals surface area contributed by atoms with E-state index >= 15 is 0 Å². The topological polar surface area (TPSA) is 95.8 Å². The number of piperazine rings is 1. The van der Waals surface area contributed by atoms with Crippen molar-refractivity contribution < 1.29 is 19.1 Å². The van der Waals surface area contributed by atoms with Gasteiger partial charge >= 0.3 is 5.97 Å². The summed E-state index contributed by atoms with van der Waals surface area (Å²) >= 11 is 0. The number of hydrogen-bond acceptors (Lipinski definition) is 7. The Kier molecular flexibility index (Phi) is 7.67. The van der Waals surface area contributed by atoms with Crippen LogP contribution < -0.4 is 4.90 Å². The molecule has 2 fully saturated rings. The molecule has 8 heteroatoms. The van der Waals surface area contributed by atoms with Crippen molar-refractivity contribution in [3.05, 3.63) is 47.2 Å². The van der Waals surface area contributed by atoms with Gasteiger partial charge in [-0.1, -0.05) is 24.3 Å². The van der Waals surface area contributed by atoms with Crippen LogP contribution in [0.15, 0.2) is 30.3 Å². The molecule has 0 bridgehead atoms. The third-order valence-corrected chi connectivity index (χ3v) is 6.70. The van der Waals surface area contributed by atoms with Crippen LogP contribution >= 0.6 is 0 Å². The fourth-order valence-corrected chi connectivity index (χ4v) is 4.68. The molecule has 1 aliphatic heterocycles. The molecule has 1 saturated carbocycles. The average molecular weight is 477 g/mol. The van der Waals surface area contributed by atoms with Gasteiger partial charge in [0.2, 0.25) is 5.91 Å². The van der Waals surface area contributed by atoms with Crippen molar-refractivity contribution in [3.63, 3.8) is 0 Å². The lowest BCUT2D eigenvalue weighted by Crippen LogP contribution is -2.54. The Bertz CT molecular complexity index is 1140. The van der Waals surface area contributed by atoms with Crippen LogP contribution in [0.5, 0.6) is 0 Å². The van der Waals surface area contributed by atoms with Crippen molar-refractivity contribution >= 4 is 17.7 Å². The predicted molar refractivity (Wildman–Crippen MR) is 132 cm³/mol. The molecule has 2 aromatic rings. The van der Waals surface area contributed by atoms with Gasteiger partial charge in [-0.3, -0.25) is 9.59 Å². The highest BCUT2D eigenvalue weighted by Crippen LogP contribution is 2.45. The Labute approximate surface area is 206 Å². The molecule has 184 valence electrons. The molecule has 1 aromatic carbocycles. The van der Waals surface area contributed by atoms with E-state index < -0.39 is 0 Å². The summed E-state index contributed by atoms with van der Waals surface area (Å²) in [5, 5.41) is 10.0. The molecule has 1 atom stereocenters. The summed E-state index contributed by atoms with van der Waals surface area (Å²) in [6.07, 6.45) is 2.72. The molecule has 35 heavy (non-hydrogen) atoms. The Morgan fingerprint density at radius 1 is 1.20 bits per heavy atom. The zero-order chi connectivity index (χ0) is 24.9. The first-order valence-corrected chi connectivity index (χ1v) is 12.1. The molecule has 4 rings (SSSR count). The Morgan fingerprint density at radius 2 is 2.00 bits per heavy atom. The smallest absolute Gasteiger partial charge is 0.309 e. The van der Waals surface area contributed by atoms with E-state index in [0.717, 1.165) is 35.2 Å². The second kappa shape index (κ2) is 10.9. The van der Waals surface area contributed by atoms with Crippen molar-refractivity contribution in [2.75, 3.05) is 45.4 Å². The van der Waals surface area contributed by atoms with Gasteiger partial charge in [0.25, 0.3) is 0 Å². The minimum atomic E-state index is -0.287. The first-order valence-electron chi connectivity index (χ1n) is 12.1. The SMILES string of the molecule is COCCC(=O)N1CCN(c2nc(C3CC3)c(-c3cccc(CC(=O)OC)c3)cc2C#N)CC1C. The van der Waals surface area contributed by atoms with Crippen molar-refractivity contribution in [1.82, 2.24) is 9.88 Å². The van der Waals surface area contributed by atoms with Crippen molar-refractivity contribution in [2.24, 2.45) is 0 Å². The predicted octanol–water partition coefficient (Wildman–Crippen LogP) is 3.29. The zero-order valence-electron chi connectivity index (χ0n) is 20.6. The molecule has 2 heterocycles. The van der Waals surface area contributed by atoms with Crippen LogP contribution in [-0.4, -0.2) is 68.3 Å². The van der Waals surface area contributed by atoms with Gasteiger partial charge in [-0.2, -0.15) is 5.26 Å². The van der Waals surface area contributed by atoms with E-state index in [1.807, 2.05) is 42.2 Å². The molecule has 1 saturated heterocycles. The third kappa shape index (κ3) is 5.63. The maximum absolute atomic E-state index is 12.5. The van der Waals surface area contributed by atoms with Crippen molar-refractivity contribution in [3.8, 4) is 17.2 Å². The lowest BCUT2D eigenvalue weighted by Gasteiger charge is -2.41. The van der Waals surface area contributed by atoms with E-state index in [9.17, 15) is 14.9 Å². The summed E-state index contributed by atoms with van der Waals surface area (Å²) in [6, 6.07) is 12.1. The second-order valence-corrected chi connectivity index (χ2v) is 9.26. The Morgan fingerprint density at radius 3 is 2.66 bits per heavy atom. The molecule has 1 amide bonds. The van der Waals surface area contributed by atoms with E-state index in [1.165, 1.54) is 7.11 Å². The summed E-state index contributed by atoms with van der Waals surface area (Å²) in [5.41, 5.74) is 4.28. The minimum Gasteiger partial charge on any atom is -0.469 e. The summed E-state index contributed by atoms with van der Waals surface area (Å²) in [5.74, 6) is 0.868. The number of methoxy groups -OCH3 is 2. The van der Waals surface area contributed by atoms with E-state index in [4.69, 9.17) is 14.5 Å². The van der Waals surface area contributed by atoms with Gasteiger partial charge < -0.3 is 19.3 Å². The molecule has 0 radical (unpaired) electrons. The van der Waals surface area contributed by atoms with Crippen LogP contribution in [0.2, 0.25) is 0 Å². The molecule has 0 N–H and O–H groups in total. The minimum absolute atomic E-state index is 0.0144. The highest BCUT2D eigenvalue weighted by Gasteiger charge is 2.33. The first-order chi connectivity index (χ1) is 16.9. The number of rotatable bonds is 8. The fourth-order valence-electron chi connectivity index (χ4n) is 4.68. The molecule has 2 aliphatic rings. The van der Waals surface area contributed by atoms with Crippen LogP contribution in [0.4, 0.5) is 5.82 Å². The lowest BCUT2D eigenvalue weighted by atomic mass is 9.97. The largest absolute Gasteiger partial charge is 0.469 e. The van der Waals surface area contributed by atoms with Gasteiger partial charge in [0.05, 0.1) is 37.8 Å². The van der Waals surface area contributed by atoms with E-state index in [-0.39, 0.29) is 24.3 Å². The highest BCUT2D eigenvalue weighted by molar-refractivity contribution is 5.78. The van der Waals surface area contributed by atoms with Crippen LogP contribution in [0.25, 0.3) is 11.1 Å². The van der Waals surface area contributed by atoms with E-state index in [0.29, 0.717) is 50.0 Å². The van der Waals surface area contributed by atoms with Crippen LogP contribution in [-0.2, 0) is 25.5 Å². The number of hydrogen-bond donors (Lipinski definition) is 0. The molecular weight excluding hydrogens is 444 g/mol. The number of ether oxygens (including phenoxy) is 2. The number of nitriles is 1. The standard InChI is InChI=1S/C27H32N4O4/c1-18-17-30(10-11-31(18)24(32)9-12-34-2)27-22(16-28)15-23(26(29-27)20-7-8-20)21-6-4-5-19(13-21)14-25(33)35-3/h4-6,13,15,18,20H,7-12,14,17H2,1-3H3. The molecule has 1 aliphatic carbocycles. The average Bonchev–Trinajstić information content (AvgIpc) is 3.72. The van der Waals surface area contributed by atoms with Gasteiger partial charge in [-0.05, 0) is 37.0 Å². The highest BCUT2D eigenvalue weighted by atomic mass is 16.5. The summed E-state index contributed by atoms with van der Waals surface area (Å²) in [7, 11) is 2.98. The summed E-state index contributed by atoms with van der Waals surface area (Å²) in [4.78, 5) is 33.4. The molecule has 1 aromatic heterocycles. The number of benzene rings is 1. The number of esters is 1. The van der Waals surface area contributed by atoms with Gasteiger partial charge in [0, 0.05) is 44.3 Å². The number of anilines is 1. The first kappa shape index (κ1) is 24.7. The molecule has 0 spiro atoms. The van der Waals surface area contributed by atoms with Gasteiger partial charge in [-0.25, -0.2) is 4.98 Å². The fraction of sp³-hybridized carbons (Fsp3) is 0.481. The van der Waals surface area contributed by atoms with Gasteiger partial charge in [-0.15, -0.1) is 0 Å². The number of amides is 1. The van der Waals surface area contributed by atoms with Gasteiger partial charge in [0.15, 0.2) is 0 Å². The number of carbonyl (C=O) groups excluding carboxylic acids is 2. The van der Waals surface area contributed by atoms with Crippen molar-refractivity contribution in [2.45, 2.75) is 44.6 Å². The van der Waals surface area contributed by atoms with Crippen LogP contribution in [0.3, 0.4) is 0 Å². The van der Waals surface area contributed by atoms with Crippen molar-refractivity contribution in [1.29, 1.82) is 5.26 Å². The maximum Gasteiger partial charge on any atom is 0.309 e. The molecule has 1 unspecified atom stereocenters. The van der Waals surface area contributed by atoms with Crippen LogP contribution in [0.1, 0.15) is 48.9 Å². The van der Waals surface area contributed by atoms with E-state index in [1.54, 1.807) is 7.11 Å². The number of pyridine rings is 1. The van der Waals surface area contributed by atoms with Gasteiger partial charge in [0.1, 0.15) is 11.9 Å². The number of aromatic nitrogens is 1.